The van der Waals surface area contributed by atoms with Crippen molar-refractivity contribution in [2.75, 3.05) is 6.61 Å². The van der Waals surface area contributed by atoms with Gasteiger partial charge in [-0.1, -0.05) is 13.8 Å². The second-order valence-corrected chi connectivity index (χ2v) is 4.13. The summed E-state index contributed by atoms with van der Waals surface area (Å²) in [6.45, 7) is 4.13. The van der Waals surface area contributed by atoms with E-state index in [1.807, 2.05) is 13.8 Å². The zero-order valence-electron chi connectivity index (χ0n) is 7.81. The van der Waals surface area contributed by atoms with E-state index in [1.165, 1.54) is 0 Å². The van der Waals surface area contributed by atoms with Gasteiger partial charge in [-0.3, -0.25) is 0 Å². The van der Waals surface area contributed by atoms with E-state index in [0.29, 0.717) is 6.61 Å². The van der Waals surface area contributed by atoms with E-state index in [9.17, 15) is 9.50 Å². The third kappa shape index (κ3) is 1.37. The van der Waals surface area contributed by atoms with Crippen molar-refractivity contribution in [1.82, 2.24) is 0 Å². The second kappa shape index (κ2) is 3.19. The van der Waals surface area contributed by atoms with E-state index in [0.717, 1.165) is 0 Å². The molecule has 2 saturated heterocycles. The van der Waals surface area contributed by atoms with Crippen molar-refractivity contribution in [3.63, 3.8) is 0 Å². The van der Waals surface area contributed by atoms with Gasteiger partial charge in [-0.15, -0.1) is 0 Å². The molecule has 0 spiro atoms. The van der Waals surface area contributed by atoms with Gasteiger partial charge in [0.15, 0.2) is 12.5 Å². The molecule has 2 heterocycles. The van der Waals surface area contributed by atoms with Crippen molar-refractivity contribution >= 4 is 0 Å². The van der Waals surface area contributed by atoms with Crippen LogP contribution in [-0.2, 0) is 9.47 Å². The monoisotopic (exact) mass is 190 g/mol. The molecular formula is C9H15FO3. The number of fused-ring (bicyclic) bond motifs is 2. The molecule has 2 aliphatic heterocycles. The Labute approximate surface area is 76.8 Å². The molecule has 0 unspecified atom stereocenters. The van der Waals surface area contributed by atoms with Crippen LogP contribution in [0.3, 0.4) is 0 Å². The minimum Gasteiger partial charge on any atom is -0.390 e. The summed E-state index contributed by atoms with van der Waals surface area (Å²) in [5, 5.41) is 9.75. The summed E-state index contributed by atoms with van der Waals surface area (Å²) >= 11 is 0. The standard InChI is InChI=1S/C9H15FO3/c1-4(2)6-7(10)9-12-3-5(13-9)8(6)11/h4-9,11H,3H2,1-2H3/t5-,6+,7-,8+,9-/m0/s1. The lowest BCUT2D eigenvalue weighted by Gasteiger charge is -2.36. The van der Waals surface area contributed by atoms with E-state index in [4.69, 9.17) is 9.47 Å². The number of halogens is 1. The highest BCUT2D eigenvalue weighted by Gasteiger charge is 2.51. The molecule has 2 bridgehead atoms. The predicted octanol–water partition coefficient (Wildman–Crippen LogP) is 0.713. The first-order valence-corrected chi connectivity index (χ1v) is 4.70. The fourth-order valence-electron chi connectivity index (χ4n) is 2.17. The molecule has 1 N–H and O–H groups in total. The van der Waals surface area contributed by atoms with Crippen LogP contribution in [0.25, 0.3) is 0 Å². The smallest absolute Gasteiger partial charge is 0.189 e. The molecule has 0 saturated carbocycles. The van der Waals surface area contributed by atoms with E-state index in [2.05, 4.69) is 0 Å². The van der Waals surface area contributed by atoms with E-state index in [-0.39, 0.29) is 17.9 Å². The molecule has 0 aromatic heterocycles. The fraction of sp³-hybridized carbons (Fsp3) is 1.00. The maximum atomic E-state index is 13.6. The summed E-state index contributed by atoms with van der Waals surface area (Å²) in [6.07, 6.45) is -3.01. The average Bonchev–Trinajstić information content (AvgIpc) is 2.46. The largest absolute Gasteiger partial charge is 0.390 e. The Morgan fingerprint density at radius 1 is 1.46 bits per heavy atom. The molecule has 5 atom stereocenters. The highest BCUT2D eigenvalue weighted by Crippen LogP contribution is 2.37. The van der Waals surface area contributed by atoms with Crippen molar-refractivity contribution < 1.29 is 19.0 Å². The van der Waals surface area contributed by atoms with Crippen molar-refractivity contribution in [2.24, 2.45) is 11.8 Å². The average molecular weight is 190 g/mol. The topological polar surface area (TPSA) is 38.7 Å². The van der Waals surface area contributed by atoms with Gasteiger partial charge in [-0.05, 0) is 5.92 Å². The van der Waals surface area contributed by atoms with Gasteiger partial charge in [0.05, 0.1) is 12.7 Å². The molecule has 2 aliphatic rings. The number of alkyl halides is 1. The first kappa shape index (κ1) is 9.37. The number of ether oxygens (including phenoxy) is 2. The van der Waals surface area contributed by atoms with Crippen LogP contribution >= 0.6 is 0 Å². The van der Waals surface area contributed by atoms with Gasteiger partial charge in [0, 0.05) is 5.92 Å². The van der Waals surface area contributed by atoms with Crippen LogP contribution in [0.1, 0.15) is 13.8 Å². The zero-order valence-corrected chi connectivity index (χ0v) is 7.81. The molecular weight excluding hydrogens is 175 g/mol. The van der Waals surface area contributed by atoms with Crippen molar-refractivity contribution in [3.8, 4) is 0 Å². The van der Waals surface area contributed by atoms with E-state index < -0.39 is 18.6 Å². The van der Waals surface area contributed by atoms with Crippen molar-refractivity contribution in [2.45, 2.75) is 38.5 Å². The molecule has 0 radical (unpaired) electrons. The zero-order chi connectivity index (χ0) is 9.59. The summed E-state index contributed by atoms with van der Waals surface area (Å²) in [6, 6.07) is 0. The molecule has 13 heavy (non-hydrogen) atoms. The van der Waals surface area contributed by atoms with Crippen LogP contribution in [0.5, 0.6) is 0 Å². The highest BCUT2D eigenvalue weighted by atomic mass is 19.1. The quantitative estimate of drug-likeness (QED) is 0.662. The predicted molar refractivity (Wildman–Crippen MR) is 43.8 cm³/mol. The Balaban J connectivity index is 2.17. The number of hydrogen-bond donors (Lipinski definition) is 1. The molecule has 0 amide bonds. The lowest BCUT2D eigenvalue weighted by molar-refractivity contribution is -0.194. The summed E-state index contributed by atoms with van der Waals surface area (Å²) in [5.41, 5.74) is 0. The fourth-order valence-corrected chi connectivity index (χ4v) is 2.17. The summed E-state index contributed by atoms with van der Waals surface area (Å²) in [5.74, 6) is -0.244. The molecule has 2 fully saturated rings. The minimum absolute atomic E-state index is 0.112. The van der Waals surface area contributed by atoms with Crippen LogP contribution in [0, 0.1) is 11.8 Å². The number of aliphatic hydroxyl groups excluding tert-OH is 1. The highest BCUT2D eigenvalue weighted by molar-refractivity contribution is 4.94. The molecule has 3 nitrogen and oxygen atoms in total. The van der Waals surface area contributed by atoms with Gasteiger partial charge in [-0.2, -0.15) is 0 Å². The van der Waals surface area contributed by atoms with E-state index in [1.54, 1.807) is 0 Å². The first-order valence-electron chi connectivity index (χ1n) is 4.70. The van der Waals surface area contributed by atoms with Gasteiger partial charge in [-0.25, -0.2) is 4.39 Å². The first-order chi connectivity index (χ1) is 6.11. The Kier molecular flexibility index (Phi) is 2.30. The maximum Gasteiger partial charge on any atom is 0.189 e. The van der Waals surface area contributed by atoms with Crippen LogP contribution in [0.4, 0.5) is 4.39 Å². The Bertz CT molecular complexity index is 181. The Hall–Kier alpha value is -0.190. The Morgan fingerprint density at radius 2 is 2.15 bits per heavy atom. The SMILES string of the molecule is CC(C)[C@H]1[C@H](O)[C@@H]2CO[C@@H](O2)[C@H]1F. The minimum atomic E-state index is -1.20. The van der Waals surface area contributed by atoms with Crippen molar-refractivity contribution in [3.05, 3.63) is 0 Å². The maximum absolute atomic E-state index is 13.6. The van der Waals surface area contributed by atoms with E-state index >= 15 is 0 Å². The number of aliphatic hydroxyl groups is 1. The molecule has 2 rings (SSSR count). The lowest BCUT2D eigenvalue weighted by atomic mass is 9.82. The molecule has 0 aromatic rings. The van der Waals surface area contributed by atoms with Gasteiger partial charge < -0.3 is 14.6 Å². The van der Waals surface area contributed by atoms with Crippen LogP contribution in [0.2, 0.25) is 0 Å². The third-order valence-electron chi connectivity index (χ3n) is 2.91. The normalized spacial score (nSPS) is 50.1. The van der Waals surface area contributed by atoms with Crippen LogP contribution < -0.4 is 0 Å². The van der Waals surface area contributed by atoms with Crippen LogP contribution in [0.15, 0.2) is 0 Å². The third-order valence-corrected chi connectivity index (χ3v) is 2.91. The molecule has 76 valence electrons. The van der Waals surface area contributed by atoms with Gasteiger partial charge >= 0.3 is 0 Å². The summed E-state index contributed by atoms with van der Waals surface area (Å²) in [4.78, 5) is 0. The number of rotatable bonds is 1. The van der Waals surface area contributed by atoms with Gasteiger partial charge in [0.25, 0.3) is 0 Å². The number of hydrogen-bond acceptors (Lipinski definition) is 3. The molecule has 4 heteroatoms. The van der Waals surface area contributed by atoms with Gasteiger partial charge in [0.2, 0.25) is 0 Å². The van der Waals surface area contributed by atoms with Crippen molar-refractivity contribution in [1.29, 1.82) is 0 Å². The molecule has 0 aromatic carbocycles. The lowest BCUT2D eigenvalue weighted by Crippen LogP contribution is -2.50. The molecule has 0 aliphatic carbocycles. The Morgan fingerprint density at radius 3 is 2.77 bits per heavy atom. The summed E-state index contributed by atoms with van der Waals surface area (Å²) < 4.78 is 23.9. The van der Waals surface area contributed by atoms with Gasteiger partial charge in [0.1, 0.15) is 6.10 Å². The van der Waals surface area contributed by atoms with Crippen LogP contribution in [-0.4, -0.2) is 36.4 Å². The summed E-state index contributed by atoms with van der Waals surface area (Å²) in [7, 11) is 0. The second-order valence-electron chi connectivity index (χ2n) is 4.13.